The van der Waals surface area contributed by atoms with Gasteiger partial charge in [0.15, 0.2) is 5.82 Å². The van der Waals surface area contributed by atoms with Gasteiger partial charge in [0.05, 0.1) is 10.8 Å². The summed E-state index contributed by atoms with van der Waals surface area (Å²) in [6, 6.07) is 12.2. The van der Waals surface area contributed by atoms with Gasteiger partial charge in [-0.3, -0.25) is 9.59 Å². The van der Waals surface area contributed by atoms with Gasteiger partial charge in [-0.15, -0.1) is 10.2 Å². The van der Waals surface area contributed by atoms with Gasteiger partial charge in [0.2, 0.25) is 5.91 Å². The minimum Gasteiger partial charge on any atom is -0.325 e. The molecule has 29 heavy (non-hydrogen) atoms. The average Bonchev–Trinajstić information content (AvgIpc) is 2.70. The number of rotatable bonds is 6. The summed E-state index contributed by atoms with van der Waals surface area (Å²) in [5.41, 5.74) is 0.534. The van der Waals surface area contributed by atoms with E-state index in [9.17, 15) is 18.4 Å². The number of benzene rings is 2. The molecule has 0 spiro atoms. The van der Waals surface area contributed by atoms with Crippen LogP contribution in [0.3, 0.4) is 0 Å². The Morgan fingerprint density at radius 1 is 1.00 bits per heavy atom. The van der Waals surface area contributed by atoms with E-state index in [4.69, 9.17) is 11.6 Å². The Labute approximate surface area is 173 Å². The summed E-state index contributed by atoms with van der Waals surface area (Å²) in [7, 11) is 0. The van der Waals surface area contributed by atoms with Crippen LogP contribution in [0.1, 0.15) is 10.4 Å². The number of hydrogen-bond donors (Lipinski definition) is 2. The zero-order valence-electron chi connectivity index (χ0n) is 14.7. The second-order valence-electron chi connectivity index (χ2n) is 5.69. The van der Waals surface area contributed by atoms with E-state index in [-0.39, 0.29) is 28.1 Å². The van der Waals surface area contributed by atoms with Crippen molar-refractivity contribution in [1.82, 2.24) is 10.2 Å². The second-order valence-corrected chi connectivity index (χ2v) is 7.09. The van der Waals surface area contributed by atoms with Crippen LogP contribution >= 0.6 is 23.4 Å². The van der Waals surface area contributed by atoms with Gasteiger partial charge >= 0.3 is 0 Å². The molecule has 0 atom stereocenters. The maximum atomic E-state index is 13.2. The molecular weight excluding hydrogens is 422 g/mol. The van der Waals surface area contributed by atoms with E-state index in [1.165, 1.54) is 36.4 Å². The first-order valence-electron chi connectivity index (χ1n) is 8.19. The van der Waals surface area contributed by atoms with Gasteiger partial charge in [-0.25, -0.2) is 8.78 Å². The average molecular weight is 435 g/mol. The number of aromatic nitrogens is 2. The van der Waals surface area contributed by atoms with Crippen molar-refractivity contribution >= 4 is 46.7 Å². The van der Waals surface area contributed by atoms with Crippen LogP contribution in [0.2, 0.25) is 5.02 Å². The lowest BCUT2D eigenvalue weighted by molar-refractivity contribution is -0.113. The molecule has 3 aromatic rings. The molecule has 0 radical (unpaired) electrons. The fourth-order valence-electron chi connectivity index (χ4n) is 2.19. The molecule has 0 saturated carbocycles. The molecule has 2 N–H and O–H groups in total. The third-order valence-electron chi connectivity index (χ3n) is 3.52. The van der Waals surface area contributed by atoms with Crippen LogP contribution in [0.4, 0.5) is 20.3 Å². The molecule has 0 aliphatic heterocycles. The number of anilines is 2. The predicted octanol–water partition coefficient (Wildman–Crippen LogP) is 4.39. The summed E-state index contributed by atoms with van der Waals surface area (Å²) < 4.78 is 26.3. The lowest BCUT2D eigenvalue weighted by Gasteiger charge is -2.06. The summed E-state index contributed by atoms with van der Waals surface area (Å²) in [6.07, 6.45) is 0. The molecule has 1 heterocycles. The fraction of sp³-hybridized carbons (Fsp3) is 0.0526. The van der Waals surface area contributed by atoms with Gasteiger partial charge < -0.3 is 10.6 Å². The molecule has 148 valence electrons. The monoisotopic (exact) mass is 434 g/mol. The van der Waals surface area contributed by atoms with Crippen molar-refractivity contribution < 1.29 is 18.4 Å². The van der Waals surface area contributed by atoms with Crippen molar-refractivity contribution in [3.05, 3.63) is 76.8 Å². The summed E-state index contributed by atoms with van der Waals surface area (Å²) in [6.45, 7) is 0. The molecule has 3 rings (SSSR count). The third-order valence-corrected chi connectivity index (χ3v) is 4.73. The molecule has 10 heteroatoms. The summed E-state index contributed by atoms with van der Waals surface area (Å²) in [5, 5.41) is 13.3. The highest BCUT2D eigenvalue weighted by atomic mass is 35.5. The Hall–Kier alpha value is -3.04. The topological polar surface area (TPSA) is 84.0 Å². The Bertz CT molecular complexity index is 1050. The molecule has 0 bridgehead atoms. The van der Waals surface area contributed by atoms with E-state index in [0.29, 0.717) is 10.7 Å². The highest BCUT2D eigenvalue weighted by molar-refractivity contribution is 7.99. The van der Waals surface area contributed by atoms with Gasteiger partial charge in [0.25, 0.3) is 5.91 Å². The lowest BCUT2D eigenvalue weighted by Crippen LogP contribution is -2.15. The molecular formula is C19H13ClF2N4O2S. The normalized spacial score (nSPS) is 10.4. The number of amides is 2. The summed E-state index contributed by atoms with van der Waals surface area (Å²) >= 11 is 6.80. The SMILES string of the molecule is O=C(CSc1ccc(NC(=O)c2cccc(F)c2)nn1)Nc1ccc(F)c(Cl)c1. The van der Waals surface area contributed by atoms with Crippen LogP contribution in [-0.4, -0.2) is 27.8 Å². The second kappa shape index (κ2) is 9.44. The first-order valence-corrected chi connectivity index (χ1v) is 9.55. The Kier molecular flexibility index (Phi) is 6.73. The lowest BCUT2D eigenvalue weighted by atomic mass is 10.2. The third kappa shape index (κ3) is 5.97. The number of carbonyl (C=O) groups excluding carboxylic acids is 2. The number of halogens is 3. The number of hydrogen-bond acceptors (Lipinski definition) is 5. The maximum absolute atomic E-state index is 13.2. The van der Waals surface area contributed by atoms with E-state index in [0.717, 1.165) is 23.9 Å². The maximum Gasteiger partial charge on any atom is 0.256 e. The van der Waals surface area contributed by atoms with E-state index in [1.54, 1.807) is 6.07 Å². The summed E-state index contributed by atoms with van der Waals surface area (Å²) in [4.78, 5) is 24.0. The zero-order chi connectivity index (χ0) is 20.8. The van der Waals surface area contributed by atoms with Crippen molar-refractivity contribution in [3.8, 4) is 0 Å². The standard InChI is InChI=1S/C19H13ClF2N4O2S/c20-14-9-13(4-5-15(14)22)23-17(27)10-29-18-7-6-16(25-26-18)24-19(28)11-2-1-3-12(21)8-11/h1-9H,10H2,(H,23,27)(H,24,25,28). The van der Waals surface area contributed by atoms with Crippen LogP contribution < -0.4 is 10.6 Å². The fourth-order valence-corrected chi connectivity index (χ4v) is 2.99. The van der Waals surface area contributed by atoms with E-state index in [1.807, 2.05) is 0 Å². The van der Waals surface area contributed by atoms with Crippen LogP contribution in [0.5, 0.6) is 0 Å². The van der Waals surface area contributed by atoms with Gasteiger partial charge in [0.1, 0.15) is 16.7 Å². The molecule has 1 aromatic heterocycles. The molecule has 2 aromatic carbocycles. The van der Waals surface area contributed by atoms with Crippen LogP contribution in [0, 0.1) is 11.6 Å². The summed E-state index contributed by atoms with van der Waals surface area (Å²) in [5.74, 6) is -1.71. The van der Waals surface area contributed by atoms with Crippen molar-refractivity contribution in [1.29, 1.82) is 0 Å². The highest BCUT2D eigenvalue weighted by Gasteiger charge is 2.10. The van der Waals surface area contributed by atoms with Crippen molar-refractivity contribution in [3.63, 3.8) is 0 Å². The van der Waals surface area contributed by atoms with Crippen LogP contribution in [0.25, 0.3) is 0 Å². The van der Waals surface area contributed by atoms with E-state index < -0.39 is 17.5 Å². The van der Waals surface area contributed by atoms with Crippen molar-refractivity contribution in [2.45, 2.75) is 5.03 Å². The Morgan fingerprint density at radius 2 is 1.83 bits per heavy atom. The Morgan fingerprint density at radius 3 is 2.52 bits per heavy atom. The molecule has 0 unspecified atom stereocenters. The molecule has 6 nitrogen and oxygen atoms in total. The number of nitrogens with zero attached hydrogens (tertiary/aromatic N) is 2. The molecule has 0 fully saturated rings. The minimum absolute atomic E-state index is 0.0404. The molecule has 0 saturated heterocycles. The van der Waals surface area contributed by atoms with E-state index >= 15 is 0 Å². The Balaban J connectivity index is 1.51. The molecule has 0 aliphatic carbocycles. The predicted molar refractivity (Wildman–Crippen MR) is 107 cm³/mol. The smallest absolute Gasteiger partial charge is 0.256 e. The van der Waals surface area contributed by atoms with Crippen molar-refractivity contribution in [2.24, 2.45) is 0 Å². The highest BCUT2D eigenvalue weighted by Crippen LogP contribution is 2.20. The van der Waals surface area contributed by atoms with Gasteiger partial charge in [-0.05, 0) is 48.5 Å². The van der Waals surface area contributed by atoms with Crippen molar-refractivity contribution in [2.75, 3.05) is 16.4 Å². The first kappa shape index (κ1) is 20.7. The number of carbonyl (C=O) groups is 2. The zero-order valence-corrected chi connectivity index (χ0v) is 16.2. The van der Waals surface area contributed by atoms with Gasteiger partial charge in [0, 0.05) is 11.3 Å². The van der Waals surface area contributed by atoms with E-state index in [2.05, 4.69) is 20.8 Å². The number of nitrogens with one attached hydrogen (secondary N) is 2. The molecule has 2 amide bonds. The number of thioether (sulfide) groups is 1. The van der Waals surface area contributed by atoms with Gasteiger partial charge in [-0.2, -0.15) is 0 Å². The minimum atomic E-state index is -0.570. The first-order chi connectivity index (χ1) is 13.9. The molecule has 0 aliphatic rings. The quantitative estimate of drug-likeness (QED) is 0.562. The largest absolute Gasteiger partial charge is 0.325 e. The van der Waals surface area contributed by atoms with Crippen LogP contribution in [0.15, 0.2) is 59.6 Å². The van der Waals surface area contributed by atoms with Gasteiger partial charge in [-0.1, -0.05) is 29.4 Å². The van der Waals surface area contributed by atoms with Crippen LogP contribution in [-0.2, 0) is 4.79 Å².